The number of anilines is 1. The van der Waals surface area contributed by atoms with E-state index in [0.29, 0.717) is 17.9 Å². The van der Waals surface area contributed by atoms with Crippen LogP contribution >= 0.6 is 11.8 Å². The fourth-order valence-corrected chi connectivity index (χ4v) is 3.12. The second-order valence-corrected chi connectivity index (χ2v) is 9.37. The Morgan fingerprint density at radius 1 is 1.41 bits per heavy atom. The molecule has 0 fully saturated rings. The Morgan fingerprint density at radius 2 is 2.09 bits per heavy atom. The summed E-state index contributed by atoms with van der Waals surface area (Å²) in [5.74, 6) is 1.16. The predicted octanol–water partition coefficient (Wildman–Crippen LogP) is 2.75. The molecule has 0 saturated heterocycles. The SMILES string of the molecule is CSCC[C@H](N)C(=O)Nc1cccc(CS(=O)C(C)(C)C)c1. The Labute approximate surface area is 140 Å². The minimum Gasteiger partial charge on any atom is -0.325 e. The van der Waals surface area contributed by atoms with Gasteiger partial charge in [-0.3, -0.25) is 9.00 Å². The smallest absolute Gasteiger partial charge is 0.241 e. The lowest BCUT2D eigenvalue weighted by molar-refractivity contribution is -0.117. The fraction of sp³-hybridized carbons (Fsp3) is 0.562. The van der Waals surface area contributed by atoms with Gasteiger partial charge in [-0.05, 0) is 56.9 Å². The second kappa shape index (κ2) is 8.70. The molecule has 0 spiro atoms. The van der Waals surface area contributed by atoms with E-state index in [4.69, 9.17) is 5.73 Å². The average molecular weight is 343 g/mol. The van der Waals surface area contributed by atoms with Gasteiger partial charge in [0.2, 0.25) is 5.91 Å². The van der Waals surface area contributed by atoms with Gasteiger partial charge < -0.3 is 11.1 Å². The van der Waals surface area contributed by atoms with Crippen LogP contribution in [-0.2, 0) is 21.3 Å². The lowest BCUT2D eigenvalue weighted by atomic mass is 10.2. The molecular weight excluding hydrogens is 316 g/mol. The summed E-state index contributed by atoms with van der Waals surface area (Å²) in [6.45, 7) is 5.87. The molecule has 1 aromatic rings. The van der Waals surface area contributed by atoms with E-state index in [1.54, 1.807) is 11.8 Å². The summed E-state index contributed by atoms with van der Waals surface area (Å²) in [4.78, 5) is 12.0. The highest BCUT2D eigenvalue weighted by molar-refractivity contribution is 7.98. The molecule has 1 amide bonds. The van der Waals surface area contributed by atoms with Crippen LogP contribution in [0.1, 0.15) is 32.8 Å². The monoisotopic (exact) mass is 342 g/mol. The van der Waals surface area contributed by atoms with Gasteiger partial charge in [-0.1, -0.05) is 12.1 Å². The largest absolute Gasteiger partial charge is 0.325 e. The van der Waals surface area contributed by atoms with Crippen LogP contribution in [-0.4, -0.2) is 32.9 Å². The van der Waals surface area contributed by atoms with Gasteiger partial charge in [0.1, 0.15) is 0 Å². The Kier molecular flexibility index (Phi) is 7.59. The van der Waals surface area contributed by atoms with Gasteiger partial charge >= 0.3 is 0 Å². The van der Waals surface area contributed by atoms with Gasteiger partial charge in [-0.25, -0.2) is 0 Å². The number of thioether (sulfide) groups is 1. The lowest BCUT2D eigenvalue weighted by Crippen LogP contribution is -2.36. The highest BCUT2D eigenvalue weighted by Crippen LogP contribution is 2.19. The summed E-state index contributed by atoms with van der Waals surface area (Å²) in [6, 6.07) is 6.97. The summed E-state index contributed by atoms with van der Waals surface area (Å²) in [5, 5.41) is 2.83. The third-order valence-corrected chi connectivity index (χ3v) is 5.75. The predicted molar refractivity (Wildman–Crippen MR) is 97.6 cm³/mol. The zero-order chi connectivity index (χ0) is 16.8. The summed E-state index contributed by atoms with van der Waals surface area (Å²) in [6.07, 6.45) is 2.64. The number of carbonyl (C=O) groups excluding carboxylic acids is 1. The molecule has 22 heavy (non-hydrogen) atoms. The lowest BCUT2D eigenvalue weighted by Gasteiger charge is -2.18. The van der Waals surface area contributed by atoms with Gasteiger partial charge in [0, 0.05) is 27.0 Å². The van der Waals surface area contributed by atoms with Gasteiger partial charge in [-0.15, -0.1) is 0 Å². The molecule has 1 rings (SSSR count). The maximum absolute atomic E-state index is 12.2. The van der Waals surface area contributed by atoms with Crippen molar-refractivity contribution in [2.24, 2.45) is 5.73 Å². The third kappa shape index (κ3) is 6.50. The summed E-state index contributed by atoms with van der Waals surface area (Å²) in [7, 11) is -0.962. The molecule has 6 heteroatoms. The van der Waals surface area contributed by atoms with Crippen LogP contribution in [0.5, 0.6) is 0 Å². The minimum absolute atomic E-state index is 0.178. The quantitative estimate of drug-likeness (QED) is 0.799. The maximum Gasteiger partial charge on any atom is 0.241 e. The van der Waals surface area contributed by atoms with E-state index in [9.17, 15) is 9.00 Å². The van der Waals surface area contributed by atoms with Gasteiger partial charge in [0.25, 0.3) is 0 Å². The normalized spacial score (nSPS) is 14.4. The molecule has 0 heterocycles. The van der Waals surface area contributed by atoms with Crippen molar-refractivity contribution in [3.8, 4) is 0 Å². The van der Waals surface area contributed by atoms with Crippen LogP contribution in [0.2, 0.25) is 0 Å². The van der Waals surface area contributed by atoms with Gasteiger partial charge in [0.05, 0.1) is 6.04 Å². The van der Waals surface area contributed by atoms with Crippen LogP contribution in [0.15, 0.2) is 24.3 Å². The van der Waals surface area contributed by atoms with Crippen LogP contribution in [0.3, 0.4) is 0 Å². The highest BCUT2D eigenvalue weighted by atomic mass is 32.2. The first-order valence-corrected chi connectivity index (χ1v) is 9.98. The Balaban J connectivity index is 2.68. The number of benzene rings is 1. The molecule has 3 N–H and O–H groups in total. The Bertz CT molecular complexity index is 527. The molecule has 124 valence electrons. The van der Waals surface area contributed by atoms with Crippen LogP contribution in [0.4, 0.5) is 5.69 Å². The zero-order valence-electron chi connectivity index (χ0n) is 13.7. The maximum atomic E-state index is 12.2. The number of hydrogen-bond acceptors (Lipinski definition) is 4. The number of hydrogen-bond donors (Lipinski definition) is 2. The van der Waals surface area contributed by atoms with E-state index in [1.165, 1.54) is 0 Å². The van der Waals surface area contributed by atoms with Gasteiger partial charge in [-0.2, -0.15) is 11.8 Å². The van der Waals surface area contributed by atoms with Crippen molar-refractivity contribution in [3.63, 3.8) is 0 Å². The second-order valence-electron chi connectivity index (χ2n) is 6.18. The van der Waals surface area contributed by atoms with Crippen molar-refractivity contribution < 1.29 is 9.00 Å². The van der Waals surface area contributed by atoms with E-state index in [-0.39, 0.29) is 10.7 Å². The van der Waals surface area contributed by atoms with E-state index in [2.05, 4.69) is 5.32 Å². The van der Waals surface area contributed by atoms with E-state index >= 15 is 0 Å². The number of rotatable bonds is 7. The molecule has 0 radical (unpaired) electrons. The Hall–Kier alpha value is -0.850. The molecule has 0 aromatic heterocycles. The molecule has 0 saturated carbocycles. The molecule has 1 aromatic carbocycles. The van der Waals surface area contributed by atoms with Crippen LogP contribution in [0, 0.1) is 0 Å². The molecule has 2 atom stereocenters. The molecular formula is C16H26N2O2S2. The van der Waals surface area contributed by atoms with Crippen molar-refractivity contribution in [1.29, 1.82) is 0 Å². The Morgan fingerprint density at radius 3 is 2.68 bits per heavy atom. The van der Waals surface area contributed by atoms with E-state index in [1.807, 2.05) is 51.3 Å². The fourth-order valence-electron chi connectivity index (χ4n) is 1.72. The van der Waals surface area contributed by atoms with E-state index < -0.39 is 16.8 Å². The molecule has 1 unspecified atom stereocenters. The molecule has 0 bridgehead atoms. The van der Waals surface area contributed by atoms with Crippen molar-refractivity contribution >= 4 is 34.2 Å². The molecule has 0 aliphatic rings. The number of carbonyl (C=O) groups is 1. The summed E-state index contributed by atoms with van der Waals surface area (Å²) in [5.41, 5.74) is 7.50. The number of amides is 1. The zero-order valence-corrected chi connectivity index (χ0v) is 15.4. The molecule has 0 aliphatic heterocycles. The van der Waals surface area contributed by atoms with E-state index in [0.717, 1.165) is 11.3 Å². The van der Waals surface area contributed by atoms with Crippen molar-refractivity contribution in [2.75, 3.05) is 17.3 Å². The molecule has 4 nitrogen and oxygen atoms in total. The van der Waals surface area contributed by atoms with Crippen molar-refractivity contribution in [3.05, 3.63) is 29.8 Å². The highest BCUT2D eigenvalue weighted by Gasteiger charge is 2.19. The van der Waals surface area contributed by atoms with Crippen molar-refractivity contribution in [2.45, 2.75) is 43.7 Å². The van der Waals surface area contributed by atoms with Crippen molar-refractivity contribution in [1.82, 2.24) is 0 Å². The minimum atomic E-state index is -0.962. The summed E-state index contributed by atoms with van der Waals surface area (Å²) < 4.78 is 11.9. The first-order chi connectivity index (χ1) is 10.2. The topological polar surface area (TPSA) is 72.2 Å². The summed E-state index contributed by atoms with van der Waals surface area (Å²) >= 11 is 1.67. The first-order valence-electron chi connectivity index (χ1n) is 7.27. The van der Waals surface area contributed by atoms with Crippen LogP contribution in [0.25, 0.3) is 0 Å². The first kappa shape index (κ1) is 19.2. The standard InChI is InChI=1S/C16H26N2O2S2/c1-16(2,3)22(20)11-12-6-5-7-13(10-12)18-15(19)14(17)8-9-21-4/h5-7,10,14H,8-9,11,17H2,1-4H3,(H,18,19)/t14-,22?/m0/s1. The number of nitrogens with one attached hydrogen (secondary N) is 1. The number of nitrogens with two attached hydrogens (primary N) is 1. The van der Waals surface area contributed by atoms with Crippen LogP contribution < -0.4 is 11.1 Å². The average Bonchev–Trinajstić information content (AvgIpc) is 2.44. The third-order valence-electron chi connectivity index (χ3n) is 3.15. The van der Waals surface area contributed by atoms with Gasteiger partial charge in [0.15, 0.2) is 0 Å². The molecule has 0 aliphatic carbocycles.